The van der Waals surface area contributed by atoms with Gasteiger partial charge in [-0.05, 0) is 20.0 Å². The van der Waals surface area contributed by atoms with Crippen molar-refractivity contribution in [1.82, 2.24) is 15.1 Å². The fourth-order valence-electron chi connectivity index (χ4n) is 1.63. The van der Waals surface area contributed by atoms with Crippen molar-refractivity contribution in [3.8, 4) is 0 Å². The topological polar surface area (TPSA) is 55.8 Å². The van der Waals surface area contributed by atoms with Crippen LogP contribution in [0.15, 0.2) is 0 Å². The number of nitrogens with zero attached hydrogens (tertiary/aromatic N) is 2. The summed E-state index contributed by atoms with van der Waals surface area (Å²) in [5.74, 6) is 0.0278. The Kier molecular flexibility index (Phi) is 8.12. The highest BCUT2D eigenvalue weighted by Gasteiger charge is 2.16. The quantitative estimate of drug-likeness (QED) is 0.619. The van der Waals surface area contributed by atoms with E-state index in [9.17, 15) is 9.90 Å². The molecule has 1 amide bonds. The molecule has 2 unspecified atom stereocenters. The van der Waals surface area contributed by atoms with Crippen LogP contribution in [-0.4, -0.2) is 73.2 Å². The van der Waals surface area contributed by atoms with Gasteiger partial charge in [-0.3, -0.25) is 4.79 Å². The van der Waals surface area contributed by atoms with Gasteiger partial charge in [-0.25, -0.2) is 0 Å². The number of carbonyl (C=O) groups excluding carboxylic acids is 1. The Labute approximate surface area is 105 Å². The normalized spacial score (nSPS) is 14.8. The Hall–Kier alpha value is -0.650. The zero-order valence-electron chi connectivity index (χ0n) is 11.7. The molecule has 5 heteroatoms. The molecule has 5 nitrogen and oxygen atoms in total. The number of hydrogen-bond donors (Lipinski definition) is 2. The molecule has 0 bridgehead atoms. The summed E-state index contributed by atoms with van der Waals surface area (Å²) in [6, 6.07) is -0.253. The minimum Gasteiger partial charge on any atom is -0.390 e. The van der Waals surface area contributed by atoms with E-state index in [1.807, 2.05) is 6.92 Å². The molecule has 2 atom stereocenters. The van der Waals surface area contributed by atoms with Gasteiger partial charge < -0.3 is 20.2 Å². The number of rotatable bonds is 8. The van der Waals surface area contributed by atoms with Crippen LogP contribution < -0.4 is 5.32 Å². The molecule has 0 aliphatic heterocycles. The van der Waals surface area contributed by atoms with Crippen LogP contribution in [0.5, 0.6) is 0 Å². The maximum atomic E-state index is 11.6. The number of carbonyl (C=O) groups is 1. The molecule has 102 valence electrons. The van der Waals surface area contributed by atoms with Crippen molar-refractivity contribution in [1.29, 1.82) is 0 Å². The summed E-state index contributed by atoms with van der Waals surface area (Å²) in [6.45, 7) is 8.90. The largest absolute Gasteiger partial charge is 0.390 e. The number of likely N-dealkylation sites (N-methyl/N-ethyl adjacent to an activating group) is 2. The predicted molar refractivity (Wildman–Crippen MR) is 70.0 cm³/mol. The Morgan fingerprint density at radius 1 is 1.29 bits per heavy atom. The molecular formula is C12H27N3O2. The van der Waals surface area contributed by atoms with Crippen LogP contribution in [0.1, 0.15) is 20.8 Å². The predicted octanol–water partition coefficient (Wildman–Crippen LogP) is -0.245. The maximum absolute atomic E-state index is 11.6. The van der Waals surface area contributed by atoms with E-state index in [2.05, 4.69) is 24.1 Å². The minimum absolute atomic E-state index is 0.0278. The van der Waals surface area contributed by atoms with Gasteiger partial charge in [-0.15, -0.1) is 0 Å². The van der Waals surface area contributed by atoms with E-state index in [-0.39, 0.29) is 11.9 Å². The Balaban J connectivity index is 3.91. The molecule has 0 saturated heterocycles. The first-order valence-electron chi connectivity index (χ1n) is 6.27. The second-order valence-corrected chi connectivity index (χ2v) is 4.50. The first-order chi connectivity index (χ1) is 7.92. The van der Waals surface area contributed by atoms with Crippen molar-refractivity contribution in [3.63, 3.8) is 0 Å². The second-order valence-electron chi connectivity index (χ2n) is 4.50. The highest BCUT2D eigenvalue weighted by atomic mass is 16.3. The van der Waals surface area contributed by atoms with E-state index < -0.39 is 6.10 Å². The Bertz CT molecular complexity index is 218. The van der Waals surface area contributed by atoms with Gasteiger partial charge in [0.05, 0.1) is 12.1 Å². The SMILES string of the molecule is CCN(CC)CC(O)CNC(C)C(=O)N(C)C. The van der Waals surface area contributed by atoms with E-state index in [0.29, 0.717) is 13.1 Å². The van der Waals surface area contributed by atoms with Gasteiger partial charge in [-0.2, -0.15) is 0 Å². The first-order valence-corrected chi connectivity index (χ1v) is 6.27. The molecule has 17 heavy (non-hydrogen) atoms. The molecule has 0 aromatic rings. The standard InChI is InChI=1S/C12H27N3O2/c1-6-15(7-2)9-11(16)8-13-10(3)12(17)14(4)5/h10-11,13,16H,6-9H2,1-5H3. The molecule has 0 heterocycles. The summed E-state index contributed by atoms with van der Waals surface area (Å²) < 4.78 is 0. The molecule has 0 aliphatic rings. The van der Waals surface area contributed by atoms with E-state index in [4.69, 9.17) is 0 Å². The van der Waals surface area contributed by atoms with Crippen LogP contribution >= 0.6 is 0 Å². The Morgan fingerprint density at radius 2 is 1.82 bits per heavy atom. The summed E-state index contributed by atoms with van der Waals surface area (Å²) in [7, 11) is 3.46. The number of amides is 1. The third-order valence-electron chi connectivity index (χ3n) is 2.83. The van der Waals surface area contributed by atoms with Gasteiger partial charge in [0.2, 0.25) is 5.91 Å². The highest BCUT2D eigenvalue weighted by molar-refractivity contribution is 5.80. The summed E-state index contributed by atoms with van der Waals surface area (Å²) in [4.78, 5) is 15.3. The molecule has 0 aromatic heterocycles. The summed E-state index contributed by atoms with van der Waals surface area (Å²) in [5.41, 5.74) is 0. The molecular weight excluding hydrogens is 218 g/mol. The molecule has 0 aromatic carbocycles. The zero-order chi connectivity index (χ0) is 13.4. The third-order valence-corrected chi connectivity index (χ3v) is 2.83. The van der Waals surface area contributed by atoms with Gasteiger partial charge in [0, 0.05) is 27.2 Å². The number of nitrogens with one attached hydrogen (secondary N) is 1. The third kappa shape index (κ3) is 6.61. The van der Waals surface area contributed by atoms with Gasteiger partial charge >= 0.3 is 0 Å². The molecule has 0 aliphatic carbocycles. The van der Waals surface area contributed by atoms with Crippen LogP contribution in [0.4, 0.5) is 0 Å². The van der Waals surface area contributed by atoms with E-state index in [0.717, 1.165) is 13.1 Å². The molecule has 0 radical (unpaired) electrons. The molecule has 0 saturated carbocycles. The van der Waals surface area contributed by atoms with E-state index >= 15 is 0 Å². The van der Waals surface area contributed by atoms with Gasteiger partial charge in [0.1, 0.15) is 0 Å². The van der Waals surface area contributed by atoms with Crippen LogP contribution in [0.3, 0.4) is 0 Å². The van der Waals surface area contributed by atoms with Gasteiger partial charge in [0.15, 0.2) is 0 Å². The fraction of sp³-hybridized carbons (Fsp3) is 0.917. The number of aliphatic hydroxyl groups excluding tert-OH is 1. The monoisotopic (exact) mass is 245 g/mol. The summed E-state index contributed by atoms with van der Waals surface area (Å²) in [5, 5.41) is 12.9. The van der Waals surface area contributed by atoms with Crippen molar-refractivity contribution >= 4 is 5.91 Å². The summed E-state index contributed by atoms with van der Waals surface area (Å²) >= 11 is 0. The molecule has 2 N–H and O–H groups in total. The van der Waals surface area contributed by atoms with Crippen molar-refractivity contribution < 1.29 is 9.90 Å². The van der Waals surface area contributed by atoms with Crippen molar-refractivity contribution in [2.75, 3.05) is 40.3 Å². The Morgan fingerprint density at radius 3 is 2.24 bits per heavy atom. The van der Waals surface area contributed by atoms with Crippen LogP contribution in [-0.2, 0) is 4.79 Å². The van der Waals surface area contributed by atoms with E-state index in [1.165, 1.54) is 0 Å². The lowest BCUT2D eigenvalue weighted by molar-refractivity contribution is -0.130. The van der Waals surface area contributed by atoms with Gasteiger partial charge in [0.25, 0.3) is 0 Å². The van der Waals surface area contributed by atoms with Gasteiger partial charge in [-0.1, -0.05) is 13.8 Å². The van der Waals surface area contributed by atoms with Crippen LogP contribution in [0, 0.1) is 0 Å². The average molecular weight is 245 g/mol. The zero-order valence-corrected chi connectivity index (χ0v) is 11.7. The maximum Gasteiger partial charge on any atom is 0.238 e. The average Bonchev–Trinajstić information content (AvgIpc) is 2.31. The summed E-state index contributed by atoms with van der Waals surface area (Å²) in [6.07, 6.45) is -0.438. The molecule has 0 rings (SSSR count). The van der Waals surface area contributed by atoms with Crippen LogP contribution in [0.25, 0.3) is 0 Å². The lowest BCUT2D eigenvalue weighted by Crippen LogP contribution is -2.46. The molecule has 0 fully saturated rings. The van der Waals surface area contributed by atoms with Crippen molar-refractivity contribution in [3.05, 3.63) is 0 Å². The fourth-order valence-corrected chi connectivity index (χ4v) is 1.63. The smallest absolute Gasteiger partial charge is 0.238 e. The van der Waals surface area contributed by atoms with Crippen LogP contribution in [0.2, 0.25) is 0 Å². The molecule has 0 spiro atoms. The highest BCUT2D eigenvalue weighted by Crippen LogP contribution is 1.93. The number of hydrogen-bond acceptors (Lipinski definition) is 4. The van der Waals surface area contributed by atoms with E-state index in [1.54, 1.807) is 19.0 Å². The number of aliphatic hydroxyl groups is 1. The lowest BCUT2D eigenvalue weighted by atomic mass is 10.2. The minimum atomic E-state index is -0.438. The van der Waals surface area contributed by atoms with Crippen molar-refractivity contribution in [2.24, 2.45) is 0 Å². The van der Waals surface area contributed by atoms with Crippen molar-refractivity contribution in [2.45, 2.75) is 32.9 Å². The lowest BCUT2D eigenvalue weighted by Gasteiger charge is -2.24. The first kappa shape index (κ1) is 16.4. The second kappa shape index (κ2) is 8.44.